The van der Waals surface area contributed by atoms with Crippen molar-refractivity contribution in [2.75, 3.05) is 6.61 Å². The quantitative estimate of drug-likeness (QED) is 0.893. The van der Waals surface area contributed by atoms with E-state index in [0.29, 0.717) is 6.42 Å². The zero-order valence-corrected chi connectivity index (χ0v) is 12.3. The smallest absolute Gasteiger partial charge is 0.124 e. The van der Waals surface area contributed by atoms with Crippen molar-refractivity contribution in [1.82, 2.24) is 0 Å². The largest absolute Gasteiger partial charge is 0.396 e. The van der Waals surface area contributed by atoms with Crippen LogP contribution in [0.2, 0.25) is 0 Å². The van der Waals surface area contributed by atoms with Gasteiger partial charge in [0.15, 0.2) is 0 Å². The van der Waals surface area contributed by atoms with Crippen LogP contribution in [0.25, 0.3) is 0 Å². The van der Waals surface area contributed by atoms with E-state index in [0.717, 1.165) is 21.2 Å². The summed E-state index contributed by atoms with van der Waals surface area (Å²) in [5.74, 6) is -0.263. The van der Waals surface area contributed by atoms with Crippen LogP contribution in [-0.2, 0) is 6.42 Å². The Balaban J connectivity index is 2.26. The molecular weight excluding hydrogens is 307 g/mol. The lowest BCUT2D eigenvalue weighted by Crippen LogP contribution is -2.09. The van der Waals surface area contributed by atoms with Crippen LogP contribution in [0.1, 0.15) is 22.6 Å². The number of aliphatic hydroxyl groups excluding tert-OH is 1. The van der Waals surface area contributed by atoms with Gasteiger partial charge >= 0.3 is 0 Å². The van der Waals surface area contributed by atoms with Crippen LogP contribution in [0.15, 0.2) is 46.9 Å². The summed E-state index contributed by atoms with van der Waals surface area (Å²) in [4.78, 5) is 0. The highest BCUT2D eigenvalue weighted by Gasteiger charge is 2.14. The fraction of sp³-hybridized carbons (Fsp3) is 0.250. The average Bonchev–Trinajstić information content (AvgIpc) is 2.36. The third kappa shape index (κ3) is 3.64. The lowest BCUT2D eigenvalue weighted by Gasteiger charge is -2.17. The summed E-state index contributed by atoms with van der Waals surface area (Å²) in [6.07, 6.45) is 0.623. The van der Waals surface area contributed by atoms with Crippen LogP contribution in [0, 0.1) is 12.7 Å². The minimum atomic E-state index is -0.258. The summed E-state index contributed by atoms with van der Waals surface area (Å²) in [6, 6.07) is 12.8. The summed E-state index contributed by atoms with van der Waals surface area (Å²) < 4.78 is 14.1. The zero-order valence-electron chi connectivity index (χ0n) is 10.7. The topological polar surface area (TPSA) is 20.2 Å². The Hall–Kier alpha value is -1.19. The minimum absolute atomic E-state index is 0.00472. The van der Waals surface area contributed by atoms with E-state index < -0.39 is 0 Å². The molecular formula is C16H16BrFO. The van der Waals surface area contributed by atoms with E-state index in [-0.39, 0.29) is 18.3 Å². The molecule has 0 saturated carbocycles. The maximum absolute atomic E-state index is 13.4. The lowest BCUT2D eigenvalue weighted by molar-refractivity contribution is 0.264. The van der Waals surface area contributed by atoms with Gasteiger partial charge in [0.25, 0.3) is 0 Å². The molecule has 0 heterocycles. The number of hydrogen-bond acceptors (Lipinski definition) is 1. The summed E-state index contributed by atoms with van der Waals surface area (Å²) in [5.41, 5.74) is 3.15. The molecule has 0 amide bonds. The Kier molecular flexibility index (Phi) is 4.72. The standard InChI is InChI=1S/C16H16BrFO/c1-11-4-2-3-5-16(11)13(10-19)6-12-7-14(17)9-15(18)8-12/h2-5,7-9,13,19H,6,10H2,1H3. The maximum atomic E-state index is 13.4. The molecule has 1 atom stereocenters. The van der Waals surface area contributed by atoms with E-state index in [1.54, 1.807) is 0 Å². The molecule has 100 valence electrons. The molecule has 0 saturated heterocycles. The Morgan fingerprint density at radius 1 is 1.21 bits per heavy atom. The van der Waals surface area contributed by atoms with Gasteiger partial charge in [-0.2, -0.15) is 0 Å². The molecule has 0 fully saturated rings. The highest BCUT2D eigenvalue weighted by Crippen LogP contribution is 2.25. The SMILES string of the molecule is Cc1ccccc1C(CO)Cc1cc(F)cc(Br)c1. The molecule has 0 radical (unpaired) electrons. The number of benzene rings is 2. The van der Waals surface area contributed by atoms with Gasteiger partial charge in [0.2, 0.25) is 0 Å². The maximum Gasteiger partial charge on any atom is 0.124 e. The van der Waals surface area contributed by atoms with Gasteiger partial charge in [-0.25, -0.2) is 4.39 Å². The van der Waals surface area contributed by atoms with Crippen molar-refractivity contribution in [2.24, 2.45) is 0 Å². The minimum Gasteiger partial charge on any atom is -0.396 e. The molecule has 0 spiro atoms. The normalized spacial score (nSPS) is 12.4. The van der Waals surface area contributed by atoms with Crippen LogP contribution >= 0.6 is 15.9 Å². The number of aliphatic hydroxyl groups is 1. The molecule has 0 aromatic heterocycles. The monoisotopic (exact) mass is 322 g/mol. The van der Waals surface area contributed by atoms with E-state index in [9.17, 15) is 9.50 Å². The van der Waals surface area contributed by atoms with Crippen molar-refractivity contribution in [1.29, 1.82) is 0 Å². The van der Waals surface area contributed by atoms with E-state index in [2.05, 4.69) is 15.9 Å². The first-order valence-electron chi connectivity index (χ1n) is 6.21. The third-order valence-electron chi connectivity index (χ3n) is 3.25. The van der Waals surface area contributed by atoms with Crippen molar-refractivity contribution in [3.63, 3.8) is 0 Å². The van der Waals surface area contributed by atoms with Crippen LogP contribution in [0.3, 0.4) is 0 Å². The van der Waals surface area contributed by atoms with Gasteiger partial charge in [-0.3, -0.25) is 0 Å². The summed E-state index contributed by atoms with van der Waals surface area (Å²) in [6.45, 7) is 2.08. The second-order valence-electron chi connectivity index (χ2n) is 4.72. The number of halogens is 2. The van der Waals surface area contributed by atoms with E-state index in [1.165, 1.54) is 12.1 Å². The third-order valence-corrected chi connectivity index (χ3v) is 3.71. The van der Waals surface area contributed by atoms with E-state index in [4.69, 9.17) is 0 Å². The van der Waals surface area contributed by atoms with Crippen LogP contribution in [0.4, 0.5) is 4.39 Å². The van der Waals surface area contributed by atoms with Crippen molar-refractivity contribution < 1.29 is 9.50 Å². The number of aryl methyl sites for hydroxylation is 1. The highest BCUT2D eigenvalue weighted by atomic mass is 79.9. The molecule has 0 bridgehead atoms. The van der Waals surface area contributed by atoms with Crippen LogP contribution in [0.5, 0.6) is 0 Å². The molecule has 0 aliphatic rings. The zero-order chi connectivity index (χ0) is 13.8. The first-order chi connectivity index (χ1) is 9.10. The molecule has 1 unspecified atom stereocenters. The van der Waals surface area contributed by atoms with Gasteiger partial charge < -0.3 is 5.11 Å². The van der Waals surface area contributed by atoms with Crippen molar-refractivity contribution in [3.8, 4) is 0 Å². The summed E-state index contributed by atoms with van der Waals surface area (Å²) >= 11 is 3.29. The van der Waals surface area contributed by atoms with Crippen LogP contribution < -0.4 is 0 Å². The molecule has 2 aromatic rings. The summed E-state index contributed by atoms with van der Waals surface area (Å²) in [7, 11) is 0. The fourth-order valence-corrected chi connectivity index (χ4v) is 2.84. The molecule has 19 heavy (non-hydrogen) atoms. The second-order valence-corrected chi connectivity index (χ2v) is 5.63. The van der Waals surface area contributed by atoms with Crippen LogP contribution in [-0.4, -0.2) is 11.7 Å². The molecule has 0 aliphatic heterocycles. The Morgan fingerprint density at radius 2 is 1.95 bits per heavy atom. The molecule has 1 N–H and O–H groups in total. The first-order valence-corrected chi connectivity index (χ1v) is 7.01. The first kappa shape index (κ1) is 14.2. The van der Waals surface area contributed by atoms with Gasteiger partial charge in [0.05, 0.1) is 6.61 Å². The number of hydrogen-bond donors (Lipinski definition) is 1. The molecule has 2 rings (SSSR count). The Bertz CT molecular complexity index is 548. The predicted octanol–water partition coefficient (Wildman–Crippen LogP) is 4.22. The van der Waals surface area contributed by atoms with Crippen molar-refractivity contribution in [3.05, 3.63) is 69.4 Å². The van der Waals surface area contributed by atoms with Gasteiger partial charge in [0, 0.05) is 10.4 Å². The second kappa shape index (κ2) is 6.31. The Labute approximate surface area is 121 Å². The summed E-state index contributed by atoms with van der Waals surface area (Å²) in [5, 5.41) is 9.60. The molecule has 1 nitrogen and oxygen atoms in total. The van der Waals surface area contributed by atoms with Crippen molar-refractivity contribution in [2.45, 2.75) is 19.3 Å². The predicted molar refractivity (Wildman–Crippen MR) is 78.8 cm³/mol. The van der Waals surface area contributed by atoms with Gasteiger partial charge in [-0.1, -0.05) is 40.2 Å². The fourth-order valence-electron chi connectivity index (χ4n) is 2.33. The van der Waals surface area contributed by atoms with Crippen molar-refractivity contribution >= 4 is 15.9 Å². The lowest BCUT2D eigenvalue weighted by atomic mass is 9.90. The number of rotatable bonds is 4. The molecule has 0 aliphatic carbocycles. The Morgan fingerprint density at radius 3 is 2.58 bits per heavy atom. The molecule has 3 heteroatoms. The average molecular weight is 323 g/mol. The van der Waals surface area contributed by atoms with Gasteiger partial charge in [0.1, 0.15) is 5.82 Å². The molecule has 2 aromatic carbocycles. The van der Waals surface area contributed by atoms with Gasteiger partial charge in [-0.05, 0) is 48.2 Å². The van der Waals surface area contributed by atoms with E-state index in [1.807, 2.05) is 37.3 Å². The highest BCUT2D eigenvalue weighted by molar-refractivity contribution is 9.10. The van der Waals surface area contributed by atoms with E-state index >= 15 is 0 Å². The van der Waals surface area contributed by atoms with Gasteiger partial charge in [-0.15, -0.1) is 0 Å².